The number of hydrogen-bond donors (Lipinski definition) is 2. The Hall–Kier alpha value is -3.86. The highest BCUT2D eigenvalue weighted by molar-refractivity contribution is 8.00. The summed E-state index contributed by atoms with van der Waals surface area (Å²) >= 11 is 8.84. The van der Waals surface area contributed by atoms with Crippen molar-refractivity contribution >= 4 is 57.3 Å². The molecule has 1 aromatic heterocycles. The van der Waals surface area contributed by atoms with Gasteiger partial charge in [0.05, 0.1) is 18.2 Å². The predicted octanol–water partition coefficient (Wildman–Crippen LogP) is 6.60. The monoisotopic (exact) mass is 593 g/mol. The van der Waals surface area contributed by atoms with Crippen LogP contribution in [0.4, 0.5) is 5.13 Å². The largest absolute Gasteiger partial charge is 0.508 e. The van der Waals surface area contributed by atoms with Crippen LogP contribution in [0.25, 0.3) is 5.76 Å². The lowest BCUT2D eigenvalue weighted by atomic mass is 9.95. The van der Waals surface area contributed by atoms with Crippen molar-refractivity contribution in [3.63, 3.8) is 0 Å². The Labute approximate surface area is 243 Å². The zero-order chi connectivity index (χ0) is 28.2. The van der Waals surface area contributed by atoms with Gasteiger partial charge in [-0.05, 0) is 60.0 Å². The number of nitrogens with zero attached hydrogens (tertiary/aromatic N) is 3. The first kappa shape index (κ1) is 27.7. The molecule has 1 atom stereocenters. The second-order valence-corrected chi connectivity index (χ2v) is 11.4. The van der Waals surface area contributed by atoms with Crippen molar-refractivity contribution in [1.29, 1.82) is 0 Å². The van der Waals surface area contributed by atoms with Crippen LogP contribution in [0.15, 0.2) is 82.7 Å². The molecule has 2 N–H and O–H groups in total. The molecule has 3 aromatic carbocycles. The third kappa shape index (κ3) is 5.70. The minimum absolute atomic E-state index is 0.0255. The zero-order valence-electron chi connectivity index (χ0n) is 21.3. The van der Waals surface area contributed by atoms with Gasteiger partial charge in [-0.25, -0.2) is 0 Å². The summed E-state index contributed by atoms with van der Waals surface area (Å²) in [6.07, 6.45) is 0.851. The fourth-order valence-corrected chi connectivity index (χ4v) is 6.35. The van der Waals surface area contributed by atoms with Gasteiger partial charge < -0.3 is 14.9 Å². The number of aromatic nitrogens is 2. The summed E-state index contributed by atoms with van der Waals surface area (Å²) in [7, 11) is 0. The molecule has 8 nitrogen and oxygen atoms in total. The Balaban J connectivity index is 1.51. The standard InChI is InChI=1S/C29H24ClN3O5S2/c1-2-15-38-21-13-9-18(10-14-21)25(35)23-24(17-7-11-20(34)12-8-17)33(27(37)26(23)36)28-31-32-29(40-28)39-16-19-5-3-4-6-22(19)30/h3-14,24,34-35H,2,15-16H2,1H3/b25-23-. The molecule has 0 saturated carbocycles. The molecule has 4 aromatic rings. The van der Waals surface area contributed by atoms with Gasteiger partial charge in [0.2, 0.25) is 5.13 Å². The number of halogens is 1. The number of ether oxygens (including phenoxy) is 1. The van der Waals surface area contributed by atoms with Crippen LogP contribution in [0.2, 0.25) is 5.02 Å². The fraction of sp³-hybridized carbons (Fsp3) is 0.172. The number of benzene rings is 3. The van der Waals surface area contributed by atoms with Crippen molar-refractivity contribution in [1.82, 2.24) is 10.2 Å². The van der Waals surface area contributed by atoms with Gasteiger partial charge in [-0.15, -0.1) is 10.2 Å². The average Bonchev–Trinajstić information content (AvgIpc) is 3.53. The number of phenolic OH excluding ortho intramolecular Hbond substituents is 1. The lowest BCUT2D eigenvalue weighted by molar-refractivity contribution is -0.132. The Bertz CT molecular complexity index is 1570. The smallest absolute Gasteiger partial charge is 0.301 e. The third-order valence-electron chi connectivity index (χ3n) is 6.16. The molecule has 0 radical (unpaired) electrons. The number of ketones is 1. The van der Waals surface area contributed by atoms with Crippen molar-refractivity contribution in [2.45, 2.75) is 29.5 Å². The van der Waals surface area contributed by atoms with Crippen molar-refractivity contribution < 1.29 is 24.5 Å². The van der Waals surface area contributed by atoms with E-state index in [9.17, 15) is 19.8 Å². The average molecular weight is 594 g/mol. The second kappa shape index (κ2) is 12.1. The van der Waals surface area contributed by atoms with Gasteiger partial charge in [-0.2, -0.15) is 0 Å². The second-order valence-electron chi connectivity index (χ2n) is 8.86. The van der Waals surface area contributed by atoms with E-state index in [1.807, 2.05) is 31.2 Å². The van der Waals surface area contributed by atoms with Gasteiger partial charge in [-0.3, -0.25) is 14.5 Å². The zero-order valence-corrected chi connectivity index (χ0v) is 23.7. The SMILES string of the molecule is CCCOc1ccc(/C(O)=C2/C(=O)C(=O)N(c3nnc(SCc4ccccc4Cl)s3)C2c2ccc(O)cc2)cc1. The van der Waals surface area contributed by atoms with Gasteiger partial charge in [0.25, 0.3) is 5.78 Å². The van der Waals surface area contributed by atoms with Crippen LogP contribution in [0.1, 0.15) is 36.1 Å². The summed E-state index contributed by atoms with van der Waals surface area (Å²) in [5, 5.41) is 30.4. The van der Waals surface area contributed by atoms with E-state index >= 15 is 0 Å². The fourth-order valence-electron chi connectivity index (χ4n) is 4.20. The summed E-state index contributed by atoms with van der Waals surface area (Å²) in [6, 6.07) is 19.3. The molecule has 1 saturated heterocycles. The molecule has 11 heteroatoms. The number of carbonyl (C=O) groups excluding carboxylic acids is 2. The van der Waals surface area contributed by atoms with E-state index in [2.05, 4.69) is 10.2 Å². The molecule has 1 amide bonds. The molecule has 1 aliphatic rings. The highest BCUT2D eigenvalue weighted by Crippen LogP contribution is 2.44. The van der Waals surface area contributed by atoms with Crippen molar-refractivity contribution in [2.24, 2.45) is 0 Å². The molecular formula is C29H24ClN3O5S2. The lowest BCUT2D eigenvalue weighted by Crippen LogP contribution is -2.29. The number of anilines is 1. The number of thioether (sulfide) groups is 1. The number of aliphatic hydroxyl groups excluding tert-OH is 1. The van der Waals surface area contributed by atoms with E-state index in [1.54, 1.807) is 36.4 Å². The molecule has 5 rings (SSSR count). The van der Waals surface area contributed by atoms with E-state index < -0.39 is 17.7 Å². The number of aliphatic hydroxyl groups is 1. The number of Topliss-reactive ketones (excluding diaryl/α,β-unsaturated/α-hetero) is 1. The minimum Gasteiger partial charge on any atom is -0.508 e. The lowest BCUT2D eigenvalue weighted by Gasteiger charge is -2.22. The Morgan fingerprint density at radius 3 is 2.48 bits per heavy atom. The van der Waals surface area contributed by atoms with Crippen LogP contribution in [0.3, 0.4) is 0 Å². The molecule has 0 bridgehead atoms. The number of amides is 1. The Morgan fingerprint density at radius 2 is 1.77 bits per heavy atom. The molecule has 0 spiro atoms. The number of phenols is 1. The third-order valence-corrected chi connectivity index (χ3v) is 8.64. The molecule has 204 valence electrons. The highest BCUT2D eigenvalue weighted by atomic mass is 35.5. The van der Waals surface area contributed by atoms with Gasteiger partial charge in [0.15, 0.2) is 4.34 Å². The van der Waals surface area contributed by atoms with Crippen LogP contribution < -0.4 is 9.64 Å². The van der Waals surface area contributed by atoms with Crippen molar-refractivity contribution in [3.8, 4) is 11.5 Å². The first-order valence-electron chi connectivity index (χ1n) is 12.4. The summed E-state index contributed by atoms with van der Waals surface area (Å²) in [4.78, 5) is 28.0. The summed E-state index contributed by atoms with van der Waals surface area (Å²) in [5.41, 5.74) is 1.72. The van der Waals surface area contributed by atoms with Crippen LogP contribution in [-0.4, -0.2) is 38.7 Å². The van der Waals surface area contributed by atoms with Gasteiger partial charge >= 0.3 is 5.91 Å². The molecule has 0 aliphatic carbocycles. The van der Waals surface area contributed by atoms with Crippen molar-refractivity contribution in [2.75, 3.05) is 11.5 Å². The first-order valence-corrected chi connectivity index (χ1v) is 14.6. The molecule has 2 heterocycles. The molecule has 1 fully saturated rings. The van der Waals surface area contributed by atoms with Gasteiger partial charge in [-0.1, -0.05) is 72.0 Å². The van der Waals surface area contributed by atoms with Crippen molar-refractivity contribution in [3.05, 3.63) is 100 Å². The first-order chi connectivity index (χ1) is 19.4. The summed E-state index contributed by atoms with van der Waals surface area (Å²) in [6.45, 7) is 2.55. The van der Waals surface area contributed by atoms with Crippen LogP contribution in [-0.2, 0) is 15.3 Å². The Morgan fingerprint density at radius 1 is 1.05 bits per heavy atom. The van der Waals surface area contributed by atoms with E-state index in [0.717, 1.165) is 23.3 Å². The van der Waals surface area contributed by atoms with Crippen LogP contribution in [0, 0.1) is 0 Å². The number of aromatic hydroxyl groups is 1. The van der Waals surface area contributed by atoms with Gasteiger partial charge in [0, 0.05) is 16.3 Å². The molecule has 1 aliphatic heterocycles. The van der Waals surface area contributed by atoms with Crippen LogP contribution in [0.5, 0.6) is 11.5 Å². The maximum absolute atomic E-state index is 13.4. The molecule has 40 heavy (non-hydrogen) atoms. The highest BCUT2D eigenvalue weighted by Gasteiger charge is 2.48. The maximum atomic E-state index is 13.4. The molecule has 1 unspecified atom stereocenters. The number of rotatable bonds is 9. The van der Waals surface area contributed by atoms with E-state index in [4.69, 9.17) is 16.3 Å². The van der Waals surface area contributed by atoms with Crippen LogP contribution >= 0.6 is 34.7 Å². The topological polar surface area (TPSA) is 113 Å². The molecular weight excluding hydrogens is 570 g/mol. The van der Waals surface area contributed by atoms with E-state index in [-0.39, 0.29) is 22.2 Å². The summed E-state index contributed by atoms with van der Waals surface area (Å²) in [5.74, 6) is -0.795. The maximum Gasteiger partial charge on any atom is 0.301 e. The number of carbonyl (C=O) groups is 2. The van der Waals surface area contributed by atoms with E-state index in [1.165, 1.54) is 28.8 Å². The number of hydrogen-bond acceptors (Lipinski definition) is 9. The predicted molar refractivity (Wildman–Crippen MR) is 156 cm³/mol. The minimum atomic E-state index is -0.981. The normalized spacial score (nSPS) is 16.4. The Kier molecular flexibility index (Phi) is 8.39. The summed E-state index contributed by atoms with van der Waals surface area (Å²) < 4.78 is 6.20. The quantitative estimate of drug-likeness (QED) is 0.0733. The van der Waals surface area contributed by atoms with E-state index in [0.29, 0.717) is 38.6 Å². The van der Waals surface area contributed by atoms with Gasteiger partial charge in [0.1, 0.15) is 17.3 Å².